The standard InChI is InChI=1S/C12H8Br3ClS/c13-9(11-6-10(14)12(15)17-11)5-7-2-1-3-8(16)4-7/h1-4,6,9H,5H2. The summed E-state index contributed by atoms with van der Waals surface area (Å²) in [6.45, 7) is 0. The van der Waals surface area contributed by atoms with Gasteiger partial charge in [0.1, 0.15) is 0 Å². The average molecular weight is 459 g/mol. The molecule has 1 heterocycles. The first-order chi connectivity index (χ1) is 8.06. The van der Waals surface area contributed by atoms with E-state index in [2.05, 4.69) is 59.9 Å². The molecule has 0 fully saturated rings. The lowest BCUT2D eigenvalue weighted by Crippen LogP contribution is -1.92. The highest BCUT2D eigenvalue weighted by atomic mass is 79.9. The first-order valence-electron chi connectivity index (χ1n) is 4.89. The molecule has 90 valence electrons. The second-order valence-electron chi connectivity index (χ2n) is 3.57. The lowest BCUT2D eigenvalue weighted by Gasteiger charge is -2.07. The molecular weight excluding hydrogens is 451 g/mol. The molecule has 0 aliphatic heterocycles. The van der Waals surface area contributed by atoms with Gasteiger partial charge in [-0.2, -0.15) is 0 Å². The van der Waals surface area contributed by atoms with Crippen LogP contribution < -0.4 is 0 Å². The molecule has 0 saturated heterocycles. The number of hydrogen-bond acceptors (Lipinski definition) is 1. The van der Waals surface area contributed by atoms with Gasteiger partial charge in [-0.05, 0) is 62.0 Å². The molecule has 0 bridgehead atoms. The van der Waals surface area contributed by atoms with Crippen LogP contribution in [0.15, 0.2) is 38.6 Å². The van der Waals surface area contributed by atoms with Crippen LogP contribution in [0, 0.1) is 0 Å². The highest BCUT2D eigenvalue weighted by Crippen LogP contribution is 2.39. The minimum Gasteiger partial charge on any atom is -0.131 e. The van der Waals surface area contributed by atoms with Gasteiger partial charge in [0.25, 0.3) is 0 Å². The van der Waals surface area contributed by atoms with Crippen LogP contribution in [0.3, 0.4) is 0 Å². The number of rotatable bonds is 3. The maximum atomic E-state index is 5.98. The van der Waals surface area contributed by atoms with E-state index in [1.54, 1.807) is 11.3 Å². The van der Waals surface area contributed by atoms with E-state index in [0.717, 1.165) is 19.7 Å². The van der Waals surface area contributed by atoms with Crippen molar-refractivity contribution in [3.63, 3.8) is 0 Å². The molecule has 2 rings (SSSR count). The van der Waals surface area contributed by atoms with Crippen molar-refractivity contribution in [3.8, 4) is 0 Å². The highest BCUT2D eigenvalue weighted by Gasteiger charge is 2.13. The molecule has 1 aromatic carbocycles. The molecule has 2 aromatic rings. The van der Waals surface area contributed by atoms with Crippen LogP contribution in [0.25, 0.3) is 0 Å². The fraction of sp³-hybridized carbons (Fsp3) is 0.167. The van der Waals surface area contributed by atoms with Crippen molar-refractivity contribution in [2.75, 3.05) is 0 Å². The summed E-state index contributed by atoms with van der Waals surface area (Å²) in [7, 11) is 0. The van der Waals surface area contributed by atoms with Crippen molar-refractivity contribution >= 4 is 70.7 Å². The maximum absolute atomic E-state index is 5.98. The highest BCUT2D eigenvalue weighted by molar-refractivity contribution is 9.13. The Morgan fingerprint density at radius 3 is 2.59 bits per heavy atom. The van der Waals surface area contributed by atoms with E-state index in [-0.39, 0.29) is 0 Å². The molecule has 0 aliphatic carbocycles. The van der Waals surface area contributed by atoms with Crippen molar-refractivity contribution in [2.45, 2.75) is 11.2 Å². The Balaban J connectivity index is 2.14. The number of thiophene rings is 1. The van der Waals surface area contributed by atoms with Crippen LogP contribution >= 0.6 is 70.7 Å². The minimum absolute atomic E-state index is 0.313. The van der Waals surface area contributed by atoms with Crippen LogP contribution in [-0.2, 0) is 6.42 Å². The van der Waals surface area contributed by atoms with Gasteiger partial charge in [-0.15, -0.1) is 11.3 Å². The van der Waals surface area contributed by atoms with Crippen molar-refractivity contribution in [1.82, 2.24) is 0 Å². The van der Waals surface area contributed by atoms with E-state index < -0.39 is 0 Å². The number of hydrogen-bond donors (Lipinski definition) is 0. The van der Waals surface area contributed by atoms with Crippen LogP contribution in [0.4, 0.5) is 0 Å². The SMILES string of the molecule is Clc1cccc(CC(Br)c2cc(Br)c(Br)s2)c1. The predicted molar refractivity (Wildman–Crippen MR) is 86.5 cm³/mol. The van der Waals surface area contributed by atoms with E-state index in [4.69, 9.17) is 11.6 Å². The Morgan fingerprint density at radius 1 is 1.24 bits per heavy atom. The summed E-state index contributed by atoms with van der Waals surface area (Å²) in [5.74, 6) is 0. The van der Waals surface area contributed by atoms with Crippen LogP contribution in [0.1, 0.15) is 15.3 Å². The summed E-state index contributed by atoms with van der Waals surface area (Å²) in [4.78, 5) is 1.61. The summed E-state index contributed by atoms with van der Waals surface area (Å²) < 4.78 is 2.23. The van der Waals surface area contributed by atoms with E-state index in [0.29, 0.717) is 4.83 Å². The normalized spacial score (nSPS) is 12.7. The molecule has 17 heavy (non-hydrogen) atoms. The largest absolute Gasteiger partial charge is 0.131 e. The third kappa shape index (κ3) is 3.80. The Labute approximate surface area is 135 Å². The molecule has 0 saturated carbocycles. The molecular formula is C12H8Br3ClS. The minimum atomic E-state index is 0.313. The monoisotopic (exact) mass is 456 g/mol. The lowest BCUT2D eigenvalue weighted by molar-refractivity contribution is 0.969. The van der Waals surface area contributed by atoms with Gasteiger partial charge in [0.05, 0.1) is 8.61 Å². The maximum Gasteiger partial charge on any atom is 0.0843 e. The van der Waals surface area contributed by atoms with Gasteiger partial charge in [0, 0.05) is 14.4 Å². The fourth-order valence-electron chi connectivity index (χ4n) is 1.49. The van der Waals surface area contributed by atoms with Gasteiger partial charge < -0.3 is 0 Å². The Morgan fingerprint density at radius 2 is 2.00 bits per heavy atom. The molecule has 1 atom stereocenters. The van der Waals surface area contributed by atoms with E-state index >= 15 is 0 Å². The molecule has 0 N–H and O–H groups in total. The summed E-state index contributed by atoms with van der Waals surface area (Å²) >= 11 is 18.4. The Hall–Kier alpha value is 0.650. The molecule has 0 nitrogen and oxygen atoms in total. The second kappa shape index (κ2) is 6.20. The first-order valence-corrected chi connectivity index (χ1v) is 8.59. The zero-order valence-corrected chi connectivity index (χ0v) is 14.9. The van der Waals surface area contributed by atoms with E-state index in [9.17, 15) is 0 Å². The van der Waals surface area contributed by atoms with E-state index in [1.165, 1.54) is 10.4 Å². The van der Waals surface area contributed by atoms with Crippen LogP contribution in [0.2, 0.25) is 5.02 Å². The summed E-state index contributed by atoms with van der Waals surface area (Å²) in [5.41, 5.74) is 1.24. The zero-order chi connectivity index (χ0) is 12.4. The third-order valence-corrected chi connectivity index (χ3v) is 7.00. The number of benzene rings is 1. The van der Waals surface area contributed by atoms with Crippen molar-refractivity contribution in [1.29, 1.82) is 0 Å². The zero-order valence-electron chi connectivity index (χ0n) is 8.59. The summed E-state index contributed by atoms with van der Waals surface area (Å²) in [6, 6.07) is 10.1. The van der Waals surface area contributed by atoms with Crippen molar-refractivity contribution in [2.24, 2.45) is 0 Å². The van der Waals surface area contributed by atoms with Gasteiger partial charge in [-0.3, -0.25) is 0 Å². The van der Waals surface area contributed by atoms with Gasteiger partial charge in [0.15, 0.2) is 0 Å². The summed E-state index contributed by atoms with van der Waals surface area (Å²) in [6.07, 6.45) is 0.931. The molecule has 0 aliphatic rings. The Kier molecular flexibility index (Phi) is 5.13. The predicted octanol–water partition coefficient (Wildman–Crippen LogP) is 6.61. The first kappa shape index (κ1) is 14.1. The summed E-state index contributed by atoms with van der Waals surface area (Å²) in [5, 5.41) is 0.788. The molecule has 0 amide bonds. The van der Waals surface area contributed by atoms with Gasteiger partial charge in [-0.1, -0.05) is 39.7 Å². The molecule has 0 spiro atoms. The second-order valence-corrected chi connectivity index (χ2v) is 8.37. The van der Waals surface area contributed by atoms with Gasteiger partial charge >= 0.3 is 0 Å². The quantitative estimate of drug-likeness (QED) is 0.454. The van der Waals surface area contributed by atoms with Crippen LogP contribution in [-0.4, -0.2) is 0 Å². The molecule has 0 radical (unpaired) electrons. The Bertz CT molecular complexity index is 505. The molecule has 5 heteroatoms. The van der Waals surface area contributed by atoms with Crippen molar-refractivity contribution in [3.05, 3.63) is 54.1 Å². The molecule has 1 unspecified atom stereocenters. The van der Waals surface area contributed by atoms with E-state index in [1.807, 2.05) is 18.2 Å². The topological polar surface area (TPSA) is 0 Å². The van der Waals surface area contributed by atoms with Crippen LogP contribution in [0.5, 0.6) is 0 Å². The van der Waals surface area contributed by atoms with Gasteiger partial charge in [0.2, 0.25) is 0 Å². The number of halogens is 4. The smallest absolute Gasteiger partial charge is 0.0843 e. The third-order valence-electron chi connectivity index (χ3n) is 2.28. The number of alkyl halides is 1. The lowest BCUT2D eigenvalue weighted by atomic mass is 10.1. The fourth-order valence-corrected chi connectivity index (χ4v) is 4.56. The average Bonchev–Trinajstić information content (AvgIpc) is 2.59. The van der Waals surface area contributed by atoms with Gasteiger partial charge in [-0.25, -0.2) is 0 Å². The van der Waals surface area contributed by atoms with Crippen molar-refractivity contribution < 1.29 is 0 Å². The molecule has 1 aromatic heterocycles.